The number of benzene rings is 2. The number of hydrogen-bond acceptors (Lipinski definition) is 3. The summed E-state index contributed by atoms with van der Waals surface area (Å²) in [6, 6.07) is 10.1. The predicted molar refractivity (Wildman–Crippen MR) is 89.6 cm³/mol. The fourth-order valence-electron chi connectivity index (χ4n) is 1.70. The number of carbonyl (C=O) groups is 1. The molecule has 0 saturated carbocycles. The van der Waals surface area contributed by atoms with E-state index in [4.69, 9.17) is 23.8 Å². The predicted octanol–water partition coefficient (Wildman–Crippen LogP) is 2.49. The lowest BCUT2D eigenvalue weighted by Gasteiger charge is -2.12. The number of aromatic hydroxyl groups is 1. The molecule has 0 aliphatic carbocycles. The van der Waals surface area contributed by atoms with Gasteiger partial charge in [-0.15, -0.1) is 0 Å². The number of halogens is 2. The van der Waals surface area contributed by atoms with Crippen LogP contribution >= 0.6 is 23.8 Å². The van der Waals surface area contributed by atoms with Crippen molar-refractivity contribution < 1.29 is 14.3 Å². The number of thiocarbonyl (C=S) groups is 1. The van der Waals surface area contributed by atoms with Crippen molar-refractivity contribution in [3.05, 3.63) is 64.4 Å². The second-order valence-electron chi connectivity index (χ2n) is 4.55. The second-order valence-corrected chi connectivity index (χ2v) is 5.39. The molecule has 0 atom stereocenters. The number of hydrazine groups is 1. The van der Waals surface area contributed by atoms with Gasteiger partial charge in [-0.2, -0.15) is 0 Å². The molecule has 4 N–H and O–H groups in total. The van der Waals surface area contributed by atoms with Gasteiger partial charge in [0.15, 0.2) is 5.11 Å². The molecule has 0 spiro atoms. The molecule has 0 radical (unpaired) electrons. The van der Waals surface area contributed by atoms with Crippen molar-refractivity contribution in [2.45, 2.75) is 6.54 Å². The molecule has 8 heteroatoms. The largest absolute Gasteiger partial charge is 0.507 e. The van der Waals surface area contributed by atoms with E-state index in [9.17, 15) is 14.3 Å². The van der Waals surface area contributed by atoms with Crippen LogP contribution in [0.15, 0.2) is 42.5 Å². The minimum Gasteiger partial charge on any atom is -0.507 e. The number of nitrogens with one attached hydrogen (secondary N) is 3. The number of hydrogen-bond donors (Lipinski definition) is 4. The van der Waals surface area contributed by atoms with Gasteiger partial charge >= 0.3 is 0 Å². The van der Waals surface area contributed by atoms with E-state index in [2.05, 4.69) is 16.2 Å². The zero-order valence-corrected chi connectivity index (χ0v) is 13.3. The Kier molecular flexibility index (Phi) is 5.72. The monoisotopic (exact) mass is 353 g/mol. The van der Waals surface area contributed by atoms with Gasteiger partial charge in [-0.05, 0) is 48.1 Å². The lowest BCUT2D eigenvalue weighted by Crippen LogP contribution is -2.46. The van der Waals surface area contributed by atoms with Gasteiger partial charge in [0.25, 0.3) is 5.91 Å². The Morgan fingerprint density at radius 2 is 1.87 bits per heavy atom. The first-order chi connectivity index (χ1) is 11.0. The van der Waals surface area contributed by atoms with Crippen molar-refractivity contribution in [3.63, 3.8) is 0 Å². The highest BCUT2D eigenvalue weighted by molar-refractivity contribution is 7.80. The van der Waals surface area contributed by atoms with Crippen LogP contribution in [0.4, 0.5) is 4.39 Å². The smallest absolute Gasteiger partial charge is 0.273 e. The number of phenolic OH excluding ortho intramolecular Hbond substituents is 1. The highest BCUT2D eigenvalue weighted by Crippen LogP contribution is 2.20. The molecular weight excluding hydrogens is 341 g/mol. The third-order valence-electron chi connectivity index (χ3n) is 2.86. The molecule has 0 heterocycles. The van der Waals surface area contributed by atoms with E-state index in [-0.39, 0.29) is 22.2 Å². The minimum absolute atomic E-state index is 0.0198. The zero-order valence-electron chi connectivity index (χ0n) is 11.8. The van der Waals surface area contributed by atoms with E-state index >= 15 is 0 Å². The highest BCUT2D eigenvalue weighted by atomic mass is 35.5. The molecule has 2 aromatic carbocycles. The molecule has 2 rings (SSSR count). The van der Waals surface area contributed by atoms with Gasteiger partial charge in [-0.1, -0.05) is 23.7 Å². The first kappa shape index (κ1) is 17.0. The summed E-state index contributed by atoms with van der Waals surface area (Å²) in [5.74, 6) is -1.10. The molecule has 0 aromatic heterocycles. The lowest BCUT2D eigenvalue weighted by molar-refractivity contribution is 0.0941. The summed E-state index contributed by atoms with van der Waals surface area (Å²) in [6.07, 6.45) is 0. The first-order valence-electron chi connectivity index (χ1n) is 6.53. The third-order valence-corrected chi connectivity index (χ3v) is 3.34. The van der Waals surface area contributed by atoms with Gasteiger partial charge in [-0.3, -0.25) is 15.6 Å². The molecule has 0 aliphatic rings. The molecule has 0 fully saturated rings. The number of carbonyl (C=O) groups excluding carboxylic acids is 1. The maximum atomic E-state index is 12.8. The Hall–Kier alpha value is -2.38. The van der Waals surface area contributed by atoms with E-state index in [0.29, 0.717) is 11.6 Å². The third kappa shape index (κ3) is 5.08. The highest BCUT2D eigenvalue weighted by Gasteiger charge is 2.11. The minimum atomic E-state index is -0.587. The average Bonchev–Trinajstić information content (AvgIpc) is 2.54. The Morgan fingerprint density at radius 3 is 2.57 bits per heavy atom. The van der Waals surface area contributed by atoms with Crippen LogP contribution in [-0.2, 0) is 6.54 Å². The number of amides is 1. The van der Waals surface area contributed by atoms with Gasteiger partial charge in [0.1, 0.15) is 11.6 Å². The molecule has 120 valence electrons. The van der Waals surface area contributed by atoms with E-state index in [0.717, 1.165) is 5.56 Å². The van der Waals surface area contributed by atoms with Crippen LogP contribution in [0.5, 0.6) is 5.75 Å². The fraction of sp³-hybridized carbons (Fsp3) is 0.0667. The topological polar surface area (TPSA) is 73.4 Å². The molecule has 1 amide bonds. The summed E-state index contributed by atoms with van der Waals surface area (Å²) in [4.78, 5) is 11.9. The van der Waals surface area contributed by atoms with E-state index in [1.165, 1.54) is 30.3 Å². The normalized spacial score (nSPS) is 10.0. The number of phenols is 1. The molecule has 0 saturated heterocycles. The van der Waals surface area contributed by atoms with Gasteiger partial charge < -0.3 is 10.4 Å². The van der Waals surface area contributed by atoms with Crippen LogP contribution in [0.3, 0.4) is 0 Å². The average molecular weight is 354 g/mol. The van der Waals surface area contributed by atoms with Crippen LogP contribution in [0.2, 0.25) is 5.02 Å². The van der Waals surface area contributed by atoms with E-state index in [1.807, 2.05) is 0 Å². The molecule has 23 heavy (non-hydrogen) atoms. The van der Waals surface area contributed by atoms with Gasteiger partial charge in [0.05, 0.1) is 5.56 Å². The van der Waals surface area contributed by atoms with E-state index in [1.54, 1.807) is 12.1 Å². The fourth-order valence-corrected chi connectivity index (χ4v) is 2.00. The zero-order chi connectivity index (χ0) is 16.8. The quantitative estimate of drug-likeness (QED) is 0.504. The molecular formula is C15H13ClFN3O2S. The second kappa shape index (κ2) is 7.75. The Bertz CT molecular complexity index is 725. The summed E-state index contributed by atoms with van der Waals surface area (Å²) in [5, 5.41) is 13.0. The Morgan fingerprint density at radius 1 is 1.17 bits per heavy atom. The van der Waals surface area contributed by atoms with Gasteiger partial charge in [0.2, 0.25) is 0 Å². The maximum absolute atomic E-state index is 12.8. The van der Waals surface area contributed by atoms with Crippen molar-refractivity contribution in [2.24, 2.45) is 0 Å². The van der Waals surface area contributed by atoms with Crippen LogP contribution in [0.1, 0.15) is 15.9 Å². The van der Waals surface area contributed by atoms with Crippen molar-refractivity contribution in [1.82, 2.24) is 16.2 Å². The maximum Gasteiger partial charge on any atom is 0.273 e. The number of rotatable bonds is 3. The summed E-state index contributed by atoms with van der Waals surface area (Å²) < 4.78 is 12.8. The summed E-state index contributed by atoms with van der Waals surface area (Å²) in [7, 11) is 0. The molecule has 0 unspecified atom stereocenters. The summed E-state index contributed by atoms with van der Waals surface area (Å²) >= 11 is 10.8. The SMILES string of the molecule is O=C(NNC(=S)NCc1ccc(F)cc1)c1cc(Cl)ccc1O. The molecule has 2 aromatic rings. The van der Waals surface area contributed by atoms with Crippen molar-refractivity contribution >= 4 is 34.8 Å². The van der Waals surface area contributed by atoms with Crippen molar-refractivity contribution in [1.29, 1.82) is 0 Å². The van der Waals surface area contributed by atoms with Crippen LogP contribution in [-0.4, -0.2) is 16.1 Å². The van der Waals surface area contributed by atoms with Crippen LogP contribution in [0.25, 0.3) is 0 Å². The van der Waals surface area contributed by atoms with Gasteiger partial charge in [-0.25, -0.2) is 4.39 Å². The Labute approximate surface area is 142 Å². The summed E-state index contributed by atoms with van der Waals surface area (Å²) in [6.45, 7) is 0.365. The van der Waals surface area contributed by atoms with Gasteiger partial charge in [0, 0.05) is 11.6 Å². The standard InChI is InChI=1S/C15H13ClFN3O2S/c16-10-3-6-13(21)12(7-10)14(22)19-20-15(23)18-8-9-1-4-11(17)5-2-9/h1-7,21H,8H2,(H,19,22)(H2,18,20,23). The first-order valence-corrected chi connectivity index (χ1v) is 7.31. The molecule has 0 bridgehead atoms. The van der Waals surface area contributed by atoms with E-state index < -0.39 is 5.91 Å². The summed E-state index contributed by atoms with van der Waals surface area (Å²) in [5.41, 5.74) is 5.69. The lowest BCUT2D eigenvalue weighted by atomic mass is 10.2. The van der Waals surface area contributed by atoms with Crippen LogP contribution < -0.4 is 16.2 Å². The van der Waals surface area contributed by atoms with Crippen molar-refractivity contribution in [3.8, 4) is 5.75 Å². The Balaban J connectivity index is 1.83. The van der Waals surface area contributed by atoms with Crippen LogP contribution in [0, 0.1) is 5.82 Å². The molecule has 5 nitrogen and oxygen atoms in total. The van der Waals surface area contributed by atoms with Crippen molar-refractivity contribution in [2.75, 3.05) is 0 Å². The molecule has 0 aliphatic heterocycles.